The second kappa shape index (κ2) is 25.0. The van der Waals surface area contributed by atoms with Crippen LogP contribution in [0.15, 0.2) is 109 Å². The van der Waals surface area contributed by atoms with Crippen molar-refractivity contribution in [2.24, 2.45) is 17.6 Å². The topological polar surface area (TPSA) is 210 Å². The summed E-state index contributed by atoms with van der Waals surface area (Å²) in [5.74, 6) is -9.05. The highest BCUT2D eigenvalue weighted by Gasteiger charge is 2.46. The summed E-state index contributed by atoms with van der Waals surface area (Å²) in [4.78, 5) is 78.3. The summed E-state index contributed by atoms with van der Waals surface area (Å²) >= 11 is 2.33. The van der Waals surface area contributed by atoms with E-state index in [9.17, 15) is 46.3 Å². The number of amides is 6. The van der Waals surface area contributed by atoms with E-state index in [0.29, 0.717) is 37.4 Å². The number of halogens is 5. The van der Waals surface area contributed by atoms with Gasteiger partial charge < -0.3 is 36.4 Å². The zero-order valence-electron chi connectivity index (χ0n) is 45.5. The van der Waals surface area contributed by atoms with Gasteiger partial charge in [0.1, 0.15) is 0 Å². The average molecular weight is 1230 g/mol. The Bertz CT molecular complexity index is 3220. The Morgan fingerprint density at radius 2 is 1.06 bits per heavy atom. The minimum Gasteiger partial charge on any atom is -0.347 e. The molecule has 6 amide bonds. The maximum absolute atomic E-state index is 13.7. The van der Waals surface area contributed by atoms with Gasteiger partial charge in [0.2, 0.25) is 23.6 Å². The summed E-state index contributed by atoms with van der Waals surface area (Å²) in [5.41, 5.74) is 8.78. The molecule has 4 aromatic carbocycles. The number of piperidine rings is 2. The van der Waals surface area contributed by atoms with Crippen LogP contribution in [0.2, 0.25) is 0 Å². The molecule has 17 nitrogen and oxygen atoms in total. The molecule has 6 heterocycles. The lowest BCUT2D eigenvalue weighted by molar-refractivity contribution is -0.144. The van der Waals surface area contributed by atoms with E-state index in [0.717, 1.165) is 99.6 Å². The van der Waals surface area contributed by atoms with Gasteiger partial charge in [0.05, 0.1) is 59.7 Å². The summed E-state index contributed by atoms with van der Waals surface area (Å²) in [6.07, 6.45) is 11.6. The van der Waals surface area contributed by atoms with Crippen LogP contribution in [-0.4, -0.2) is 122 Å². The second-order valence-electron chi connectivity index (χ2n) is 21.7. The smallest absolute Gasteiger partial charge is 0.321 e. The van der Waals surface area contributed by atoms with E-state index in [1.54, 1.807) is 35.4 Å². The highest BCUT2D eigenvalue weighted by Crippen LogP contribution is 2.40. The number of nitrogens with zero attached hydrogens (tertiary/aromatic N) is 7. The zero-order chi connectivity index (χ0) is 57.8. The number of nitrogens with two attached hydrogens (primary N) is 1. The number of alkyl halides is 4. The first-order chi connectivity index (χ1) is 38.8. The highest BCUT2D eigenvalue weighted by molar-refractivity contribution is 14.1. The SMILES string of the molecule is CC(F)(F)C(=O)N[C@H]1CC(=O)N(c2ccc3c(cnn3C3CCN(C(=O)C4CC4)CC3)c2)C1c1ccccc1.CC(F)(F)C(=O)N[C@H]1CC(=O)NC1c1ccccc1.CN.O=C(C1CC1)N1CCC(n2ncc3cc(I)ccc32)CC1. The van der Waals surface area contributed by atoms with E-state index in [1.165, 1.54) is 21.5 Å². The normalized spacial score (nSPS) is 21.5. The van der Waals surface area contributed by atoms with Gasteiger partial charge in [0.25, 0.3) is 11.8 Å². The molecule has 22 heteroatoms. The lowest BCUT2D eigenvalue weighted by Crippen LogP contribution is -2.46. The maximum atomic E-state index is 13.7. The van der Waals surface area contributed by atoms with Crippen molar-refractivity contribution in [3.63, 3.8) is 0 Å². The van der Waals surface area contributed by atoms with E-state index >= 15 is 0 Å². The van der Waals surface area contributed by atoms with E-state index in [-0.39, 0.29) is 42.5 Å². The number of aromatic nitrogens is 4. The molecule has 2 saturated carbocycles. The molecule has 0 bridgehead atoms. The third-order valence-electron chi connectivity index (χ3n) is 15.7. The van der Waals surface area contributed by atoms with Crippen LogP contribution in [0.1, 0.15) is 113 Å². The van der Waals surface area contributed by atoms with Gasteiger partial charge in [0.15, 0.2) is 0 Å². The van der Waals surface area contributed by atoms with Crippen LogP contribution >= 0.6 is 22.6 Å². The molecule has 4 aliphatic heterocycles. The van der Waals surface area contributed by atoms with Crippen LogP contribution in [0, 0.1) is 15.4 Å². The molecule has 2 aliphatic carbocycles. The van der Waals surface area contributed by atoms with Gasteiger partial charge in [-0.2, -0.15) is 27.8 Å². The molecule has 6 aromatic rings. The van der Waals surface area contributed by atoms with Gasteiger partial charge in [-0.05, 0) is 129 Å². The first-order valence-corrected chi connectivity index (χ1v) is 28.7. The van der Waals surface area contributed by atoms with Crippen molar-refractivity contribution >= 4 is 85.5 Å². The Balaban J connectivity index is 0.000000159. The van der Waals surface area contributed by atoms with Crippen molar-refractivity contribution in [3.8, 4) is 0 Å². The number of nitrogens with one attached hydrogen (secondary N) is 3. The number of rotatable bonds is 11. The van der Waals surface area contributed by atoms with Gasteiger partial charge >= 0.3 is 11.8 Å². The summed E-state index contributed by atoms with van der Waals surface area (Å²) in [6, 6.07) is 28.2. The van der Waals surface area contributed by atoms with Crippen LogP contribution in [0.3, 0.4) is 0 Å². The van der Waals surface area contributed by atoms with Crippen LogP contribution in [0.25, 0.3) is 21.8 Å². The van der Waals surface area contributed by atoms with E-state index < -0.39 is 47.8 Å². The molecule has 12 rings (SSSR count). The van der Waals surface area contributed by atoms with Crippen LogP contribution in [-0.2, 0) is 28.8 Å². The fourth-order valence-corrected chi connectivity index (χ4v) is 11.7. The Hall–Kier alpha value is -6.95. The molecular formula is C59H68F4IN11O6. The molecule has 430 valence electrons. The fraction of sp³-hybridized carbons (Fsp3) is 0.458. The fourth-order valence-electron chi connectivity index (χ4n) is 11.2. The van der Waals surface area contributed by atoms with Crippen molar-refractivity contribution in [1.29, 1.82) is 0 Å². The second-order valence-corrected chi connectivity index (χ2v) is 23.0. The van der Waals surface area contributed by atoms with E-state index in [4.69, 9.17) is 0 Å². The number of carbonyl (C=O) groups is 6. The Morgan fingerprint density at radius 3 is 1.54 bits per heavy atom. The van der Waals surface area contributed by atoms with Gasteiger partial charge in [-0.15, -0.1) is 0 Å². The first-order valence-electron chi connectivity index (χ1n) is 27.6. The summed E-state index contributed by atoms with van der Waals surface area (Å²) in [6.45, 7) is 4.30. The van der Waals surface area contributed by atoms with Gasteiger partial charge in [-0.3, -0.25) is 38.1 Å². The van der Waals surface area contributed by atoms with Crippen molar-refractivity contribution in [3.05, 3.63) is 124 Å². The molecule has 4 saturated heterocycles. The van der Waals surface area contributed by atoms with Gasteiger partial charge in [-0.1, -0.05) is 60.7 Å². The highest BCUT2D eigenvalue weighted by atomic mass is 127. The predicted octanol–water partition coefficient (Wildman–Crippen LogP) is 8.40. The molecular weight excluding hydrogens is 1160 g/mol. The maximum Gasteiger partial charge on any atom is 0.321 e. The molecule has 0 spiro atoms. The summed E-state index contributed by atoms with van der Waals surface area (Å²) in [5, 5.41) is 18.6. The zero-order valence-corrected chi connectivity index (χ0v) is 47.6. The van der Waals surface area contributed by atoms with Crippen molar-refractivity contribution in [1.82, 2.24) is 45.3 Å². The number of carbonyl (C=O) groups excluding carboxylic acids is 6. The summed E-state index contributed by atoms with van der Waals surface area (Å²) in [7, 11) is 1.50. The van der Waals surface area contributed by atoms with Crippen molar-refractivity contribution in [2.45, 2.75) is 126 Å². The van der Waals surface area contributed by atoms with Crippen LogP contribution < -0.4 is 26.6 Å². The number of fused-ring (bicyclic) bond motifs is 2. The average Bonchev–Trinajstić information content (AvgIpc) is 4.42. The van der Waals surface area contributed by atoms with Crippen molar-refractivity contribution < 1.29 is 46.3 Å². The van der Waals surface area contributed by atoms with Crippen molar-refractivity contribution in [2.75, 3.05) is 38.1 Å². The van der Waals surface area contributed by atoms with Crippen LogP contribution in [0.5, 0.6) is 0 Å². The molecule has 0 radical (unpaired) electrons. The standard InChI is InChI=1S/C29H31F2N5O3.C16H18IN3O.C13H14F2N2O2.CH5N/c1-29(30,31)28(39)33-23-16-25(37)35(26(23)18-5-3-2-4-6-18)22-9-10-24-20(15-22)17-32-36(24)21-11-13-34(14-12-21)27(38)19-7-8-19;17-13-3-4-15-12(9-13)10-18-20(15)14-5-7-19(8-6-14)16(21)11-1-2-11;1-13(14,15)12(19)16-9-7-10(18)17-11(9)8-5-3-2-4-6-8;1-2/h2-6,9-10,15,17,19,21,23,26H,7-8,11-14,16H2,1H3,(H,33,39);3-4,9-11,14H,1-2,5-8H2;2-6,9,11H,7H2,1H3,(H,16,19)(H,17,18);2H2,1H3/t23-,26?;;9-,11?;/m0.0./s1. The molecule has 2 aromatic heterocycles. The van der Waals surface area contributed by atoms with Gasteiger partial charge in [-0.25, -0.2) is 0 Å². The molecule has 81 heavy (non-hydrogen) atoms. The molecule has 6 fully saturated rings. The largest absolute Gasteiger partial charge is 0.347 e. The van der Waals surface area contributed by atoms with Gasteiger partial charge in [0, 0.05) is 84.7 Å². The molecule has 4 atom stereocenters. The molecule has 2 unspecified atom stereocenters. The van der Waals surface area contributed by atoms with E-state index in [1.807, 2.05) is 70.4 Å². The minimum absolute atomic E-state index is 0.00137. The Morgan fingerprint density at radius 1 is 0.605 bits per heavy atom. The third-order valence-corrected chi connectivity index (χ3v) is 16.4. The first kappa shape index (κ1) is 58.7. The molecule has 5 N–H and O–H groups in total. The number of benzene rings is 4. The number of likely N-dealkylation sites (tertiary alicyclic amines) is 2. The van der Waals surface area contributed by atoms with E-state index in [2.05, 4.69) is 82.3 Å². The predicted molar refractivity (Wildman–Crippen MR) is 306 cm³/mol. The monoisotopic (exact) mass is 1230 g/mol. The number of anilines is 1. The quantitative estimate of drug-likeness (QED) is 0.0724. The number of hydrogen-bond donors (Lipinski definition) is 4. The lowest BCUT2D eigenvalue weighted by atomic mass is 9.99. The Labute approximate surface area is 480 Å². The lowest BCUT2D eigenvalue weighted by Gasteiger charge is -2.32. The minimum atomic E-state index is -3.55. The summed E-state index contributed by atoms with van der Waals surface area (Å²) < 4.78 is 58.6. The number of hydrogen-bond acceptors (Lipinski definition) is 9. The third kappa shape index (κ3) is 13.9. The molecule has 6 aliphatic rings. The Kier molecular flexibility index (Phi) is 18.1. The van der Waals surface area contributed by atoms with Crippen LogP contribution in [0.4, 0.5) is 23.2 Å².